The lowest BCUT2D eigenvalue weighted by Gasteiger charge is -2.18. The maximum Gasteiger partial charge on any atom is 0.269 e. The third-order valence-corrected chi connectivity index (χ3v) is 4.74. The van der Waals surface area contributed by atoms with Crippen LogP contribution in [-0.4, -0.2) is 49.0 Å². The number of aromatic nitrogens is 1. The Bertz CT molecular complexity index is 698. The van der Waals surface area contributed by atoms with E-state index in [4.69, 9.17) is 0 Å². The highest BCUT2D eigenvalue weighted by Gasteiger charge is 2.14. The van der Waals surface area contributed by atoms with Crippen molar-refractivity contribution >= 4 is 11.6 Å². The van der Waals surface area contributed by atoms with Gasteiger partial charge in [0.25, 0.3) is 5.91 Å². The van der Waals surface area contributed by atoms with Gasteiger partial charge in [-0.3, -0.25) is 9.78 Å². The van der Waals surface area contributed by atoms with Crippen LogP contribution in [0, 0.1) is 0 Å². The van der Waals surface area contributed by atoms with Crippen LogP contribution < -0.4 is 10.2 Å². The van der Waals surface area contributed by atoms with Gasteiger partial charge in [-0.1, -0.05) is 30.3 Å². The second-order valence-electron chi connectivity index (χ2n) is 6.93. The molecule has 5 nitrogen and oxygen atoms in total. The van der Waals surface area contributed by atoms with Gasteiger partial charge in [0.05, 0.1) is 0 Å². The monoisotopic (exact) mass is 352 g/mol. The number of anilines is 1. The van der Waals surface area contributed by atoms with E-state index in [9.17, 15) is 4.79 Å². The van der Waals surface area contributed by atoms with E-state index in [1.807, 2.05) is 18.2 Å². The average Bonchev–Trinajstić information content (AvgIpc) is 3.21. The summed E-state index contributed by atoms with van der Waals surface area (Å²) in [5.74, 6) is -0.0863. The summed E-state index contributed by atoms with van der Waals surface area (Å²) in [6.07, 6.45) is 5.10. The number of hydrogen-bond donors (Lipinski definition) is 1. The van der Waals surface area contributed by atoms with Crippen LogP contribution in [0.15, 0.2) is 48.7 Å². The third kappa shape index (κ3) is 5.30. The molecule has 1 N–H and O–H groups in total. The Kier molecular flexibility index (Phi) is 6.61. The number of amides is 1. The first kappa shape index (κ1) is 18.4. The van der Waals surface area contributed by atoms with Crippen molar-refractivity contribution in [2.75, 3.05) is 38.1 Å². The number of rotatable bonds is 8. The van der Waals surface area contributed by atoms with Crippen LogP contribution in [0.2, 0.25) is 0 Å². The highest BCUT2D eigenvalue weighted by molar-refractivity contribution is 5.93. The molecule has 0 saturated carbocycles. The topological polar surface area (TPSA) is 48.5 Å². The van der Waals surface area contributed by atoms with E-state index in [0.717, 1.165) is 38.3 Å². The Morgan fingerprint density at radius 3 is 2.73 bits per heavy atom. The molecular formula is C21H28N4O. The van der Waals surface area contributed by atoms with Gasteiger partial charge in [0.15, 0.2) is 0 Å². The molecule has 2 heterocycles. The Hall–Kier alpha value is -2.40. The predicted molar refractivity (Wildman–Crippen MR) is 105 cm³/mol. The molecule has 138 valence electrons. The fourth-order valence-corrected chi connectivity index (χ4v) is 3.33. The third-order valence-electron chi connectivity index (χ3n) is 4.74. The fraction of sp³-hybridized carbons (Fsp3) is 0.429. The number of pyridine rings is 1. The van der Waals surface area contributed by atoms with Gasteiger partial charge in [0.2, 0.25) is 0 Å². The number of nitrogens with one attached hydrogen (secondary N) is 1. The fourth-order valence-electron chi connectivity index (χ4n) is 3.33. The zero-order valence-electron chi connectivity index (χ0n) is 15.5. The first-order valence-electron chi connectivity index (χ1n) is 9.44. The minimum atomic E-state index is -0.0863. The van der Waals surface area contributed by atoms with Crippen LogP contribution in [0.5, 0.6) is 0 Å². The molecule has 1 fully saturated rings. The first-order valence-corrected chi connectivity index (χ1v) is 9.44. The van der Waals surface area contributed by atoms with Crippen molar-refractivity contribution in [2.45, 2.75) is 25.8 Å². The maximum atomic E-state index is 12.3. The molecule has 1 aliphatic heterocycles. The van der Waals surface area contributed by atoms with Gasteiger partial charge < -0.3 is 15.1 Å². The molecule has 1 saturated heterocycles. The molecule has 1 aromatic carbocycles. The SMILES string of the molecule is CN(CCCNC(=O)c1cc(N2CCCC2)ccn1)Cc1ccccc1. The Labute approximate surface area is 156 Å². The van der Waals surface area contributed by atoms with Crippen molar-refractivity contribution in [1.29, 1.82) is 0 Å². The highest BCUT2D eigenvalue weighted by atomic mass is 16.1. The summed E-state index contributed by atoms with van der Waals surface area (Å²) in [5, 5.41) is 2.99. The molecule has 0 unspecified atom stereocenters. The predicted octanol–water partition coefficient (Wildman–Crippen LogP) is 2.93. The van der Waals surface area contributed by atoms with Gasteiger partial charge in [-0.2, -0.15) is 0 Å². The smallest absolute Gasteiger partial charge is 0.269 e. The van der Waals surface area contributed by atoms with Gasteiger partial charge in [0.1, 0.15) is 5.69 Å². The summed E-state index contributed by atoms with van der Waals surface area (Å²) in [4.78, 5) is 21.2. The van der Waals surface area contributed by atoms with Crippen LogP contribution in [0.3, 0.4) is 0 Å². The zero-order valence-corrected chi connectivity index (χ0v) is 15.5. The summed E-state index contributed by atoms with van der Waals surface area (Å²) in [6, 6.07) is 14.3. The number of carbonyl (C=O) groups excluding carboxylic acids is 1. The standard InChI is InChI=1S/C21H28N4O/c1-24(17-18-8-3-2-4-9-18)13-7-11-23-21(26)20-16-19(10-12-22-20)25-14-5-6-15-25/h2-4,8-10,12,16H,5-7,11,13-15,17H2,1H3,(H,23,26). The molecule has 0 radical (unpaired) electrons. The molecule has 2 aromatic rings. The molecule has 26 heavy (non-hydrogen) atoms. The second kappa shape index (κ2) is 9.34. The number of hydrogen-bond acceptors (Lipinski definition) is 4. The molecular weight excluding hydrogens is 324 g/mol. The lowest BCUT2D eigenvalue weighted by Crippen LogP contribution is -2.29. The number of benzene rings is 1. The van der Waals surface area contributed by atoms with Crippen molar-refractivity contribution in [1.82, 2.24) is 15.2 Å². The second-order valence-corrected chi connectivity index (χ2v) is 6.93. The minimum absolute atomic E-state index is 0.0863. The van der Waals surface area contributed by atoms with Crippen molar-refractivity contribution in [3.05, 3.63) is 59.9 Å². The largest absolute Gasteiger partial charge is 0.371 e. The van der Waals surface area contributed by atoms with E-state index in [1.165, 1.54) is 18.4 Å². The molecule has 0 atom stereocenters. The molecule has 0 bridgehead atoms. The number of nitrogens with zero attached hydrogens (tertiary/aromatic N) is 3. The molecule has 5 heteroatoms. The van der Waals surface area contributed by atoms with Gasteiger partial charge in [-0.05, 0) is 50.6 Å². The Balaban J connectivity index is 1.40. The molecule has 3 rings (SSSR count). The first-order chi connectivity index (χ1) is 12.7. The molecule has 0 spiro atoms. The Morgan fingerprint density at radius 2 is 1.96 bits per heavy atom. The molecule has 0 aliphatic carbocycles. The summed E-state index contributed by atoms with van der Waals surface area (Å²) in [7, 11) is 2.11. The summed E-state index contributed by atoms with van der Waals surface area (Å²) in [6.45, 7) is 4.66. The van der Waals surface area contributed by atoms with Gasteiger partial charge in [0, 0.05) is 38.1 Å². The lowest BCUT2D eigenvalue weighted by molar-refractivity contribution is 0.0947. The molecule has 1 aromatic heterocycles. The van der Waals surface area contributed by atoms with Crippen molar-refractivity contribution in [2.24, 2.45) is 0 Å². The van der Waals surface area contributed by atoms with Crippen molar-refractivity contribution in [3.63, 3.8) is 0 Å². The van der Waals surface area contributed by atoms with Crippen LogP contribution in [0.1, 0.15) is 35.3 Å². The van der Waals surface area contributed by atoms with Gasteiger partial charge in [-0.15, -0.1) is 0 Å². The summed E-state index contributed by atoms with van der Waals surface area (Å²) in [5.41, 5.74) is 2.92. The van der Waals surface area contributed by atoms with Gasteiger partial charge >= 0.3 is 0 Å². The zero-order chi connectivity index (χ0) is 18.2. The summed E-state index contributed by atoms with van der Waals surface area (Å²) < 4.78 is 0. The molecule has 1 amide bonds. The van der Waals surface area contributed by atoms with Gasteiger partial charge in [-0.25, -0.2) is 0 Å². The van der Waals surface area contributed by atoms with Crippen molar-refractivity contribution < 1.29 is 4.79 Å². The van der Waals surface area contributed by atoms with Crippen molar-refractivity contribution in [3.8, 4) is 0 Å². The van der Waals surface area contributed by atoms with E-state index in [2.05, 4.69) is 51.4 Å². The average molecular weight is 352 g/mol. The maximum absolute atomic E-state index is 12.3. The van der Waals surface area contributed by atoms with Crippen LogP contribution in [0.25, 0.3) is 0 Å². The number of carbonyl (C=O) groups is 1. The van der Waals surface area contributed by atoms with E-state index in [1.54, 1.807) is 6.20 Å². The van der Waals surface area contributed by atoms with E-state index in [0.29, 0.717) is 12.2 Å². The summed E-state index contributed by atoms with van der Waals surface area (Å²) >= 11 is 0. The minimum Gasteiger partial charge on any atom is -0.371 e. The highest BCUT2D eigenvalue weighted by Crippen LogP contribution is 2.19. The lowest BCUT2D eigenvalue weighted by atomic mass is 10.2. The van der Waals surface area contributed by atoms with E-state index in [-0.39, 0.29) is 5.91 Å². The van der Waals surface area contributed by atoms with E-state index >= 15 is 0 Å². The van der Waals surface area contributed by atoms with Crippen LogP contribution in [0.4, 0.5) is 5.69 Å². The quantitative estimate of drug-likeness (QED) is 0.742. The van der Waals surface area contributed by atoms with Crippen LogP contribution >= 0.6 is 0 Å². The van der Waals surface area contributed by atoms with E-state index < -0.39 is 0 Å². The Morgan fingerprint density at radius 1 is 1.19 bits per heavy atom. The van der Waals surface area contributed by atoms with Crippen LogP contribution in [-0.2, 0) is 6.54 Å². The molecule has 1 aliphatic rings. The normalized spacial score (nSPS) is 14.0.